The fourth-order valence-electron chi connectivity index (χ4n) is 2.36. The van der Waals surface area contributed by atoms with E-state index < -0.39 is 23.5 Å². The smallest absolute Gasteiger partial charge is 0.308 e. The van der Waals surface area contributed by atoms with Crippen molar-refractivity contribution in [2.24, 2.45) is 5.92 Å². The molecule has 1 atom stereocenters. The number of carboxylic acid groups (broad SMARTS) is 1. The van der Waals surface area contributed by atoms with Gasteiger partial charge in [0.15, 0.2) is 0 Å². The molecule has 1 aromatic rings. The van der Waals surface area contributed by atoms with Gasteiger partial charge in [-0.1, -0.05) is 0 Å². The van der Waals surface area contributed by atoms with Crippen LogP contribution in [0.3, 0.4) is 0 Å². The Bertz CT molecular complexity index is 533. The average Bonchev–Trinajstić information content (AvgIpc) is 2.43. The minimum Gasteiger partial charge on any atom is -0.481 e. The fraction of sp³-hybridized carbons (Fsp3) is 0.429. The fourth-order valence-corrected chi connectivity index (χ4v) is 2.36. The maximum Gasteiger partial charge on any atom is 0.308 e. The van der Waals surface area contributed by atoms with Gasteiger partial charge < -0.3 is 10.0 Å². The number of piperidine rings is 1. The maximum atomic E-state index is 13.5. The number of nitrogens with zero attached hydrogens (tertiary/aromatic N) is 1. The van der Waals surface area contributed by atoms with Crippen molar-refractivity contribution < 1.29 is 23.5 Å². The van der Waals surface area contributed by atoms with E-state index in [0.717, 1.165) is 18.2 Å². The summed E-state index contributed by atoms with van der Waals surface area (Å²) in [4.78, 5) is 24.4. The predicted molar refractivity (Wildman–Crippen MR) is 67.0 cm³/mol. The molecule has 108 valence electrons. The van der Waals surface area contributed by atoms with Crippen molar-refractivity contribution in [3.63, 3.8) is 0 Å². The van der Waals surface area contributed by atoms with E-state index in [4.69, 9.17) is 5.11 Å². The summed E-state index contributed by atoms with van der Waals surface area (Å²) in [6, 6.07) is 2.96. The van der Waals surface area contributed by atoms with Crippen LogP contribution in [0.5, 0.6) is 0 Å². The molecule has 20 heavy (non-hydrogen) atoms. The van der Waals surface area contributed by atoms with E-state index >= 15 is 0 Å². The Kier molecular flexibility index (Phi) is 4.32. The van der Waals surface area contributed by atoms with E-state index in [0.29, 0.717) is 19.4 Å². The number of benzene rings is 1. The quantitative estimate of drug-likeness (QED) is 0.920. The molecule has 1 N–H and O–H groups in total. The molecule has 4 nitrogen and oxygen atoms in total. The SMILES string of the molecule is O=C(O)C1CCCN(C(=O)Cc2cc(F)ccc2F)C1. The lowest BCUT2D eigenvalue weighted by Gasteiger charge is -2.30. The third kappa shape index (κ3) is 3.31. The van der Waals surface area contributed by atoms with E-state index in [1.54, 1.807) is 0 Å². The first-order chi connectivity index (χ1) is 9.47. The summed E-state index contributed by atoms with van der Waals surface area (Å²) in [5, 5.41) is 8.96. The number of carbonyl (C=O) groups excluding carboxylic acids is 1. The summed E-state index contributed by atoms with van der Waals surface area (Å²) in [5.74, 6) is -3.12. The Labute approximate surface area is 115 Å². The van der Waals surface area contributed by atoms with E-state index in [1.165, 1.54) is 4.90 Å². The van der Waals surface area contributed by atoms with Crippen molar-refractivity contribution in [2.75, 3.05) is 13.1 Å². The number of carboxylic acids is 1. The van der Waals surface area contributed by atoms with E-state index in [-0.39, 0.29) is 24.4 Å². The number of likely N-dealkylation sites (tertiary alicyclic amines) is 1. The maximum absolute atomic E-state index is 13.5. The first kappa shape index (κ1) is 14.4. The number of hydrogen-bond acceptors (Lipinski definition) is 2. The number of aliphatic carboxylic acids is 1. The van der Waals surface area contributed by atoms with Gasteiger partial charge in [0.2, 0.25) is 5.91 Å². The number of rotatable bonds is 3. The molecule has 0 radical (unpaired) electrons. The Morgan fingerprint density at radius 1 is 1.35 bits per heavy atom. The molecule has 0 spiro atoms. The molecule has 1 aliphatic heterocycles. The third-order valence-electron chi connectivity index (χ3n) is 3.47. The standard InChI is InChI=1S/C14H15F2NO3/c15-11-3-4-12(16)10(6-11)7-13(18)17-5-1-2-9(8-17)14(19)20/h3-4,6,9H,1-2,5,7-8H2,(H,19,20). The van der Waals surface area contributed by atoms with Gasteiger partial charge in [0.1, 0.15) is 11.6 Å². The molecule has 0 bridgehead atoms. The highest BCUT2D eigenvalue weighted by atomic mass is 19.1. The zero-order chi connectivity index (χ0) is 14.7. The lowest BCUT2D eigenvalue weighted by atomic mass is 9.97. The summed E-state index contributed by atoms with van der Waals surface area (Å²) >= 11 is 0. The number of amides is 1. The van der Waals surface area contributed by atoms with Crippen molar-refractivity contribution in [3.8, 4) is 0 Å². The molecule has 0 aromatic heterocycles. The zero-order valence-corrected chi connectivity index (χ0v) is 10.8. The van der Waals surface area contributed by atoms with Gasteiger partial charge in [-0.2, -0.15) is 0 Å². The first-order valence-corrected chi connectivity index (χ1v) is 6.42. The monoisotopic (exact) mass is 283 g/mol. The van der Waals surface area contributed by atoms with Gasteiger partial charge in [0.25, 0.3) is 0 Å². The van der Waals surface area contributed by atoms with Crippen molar-refractivity contribution in [1.29, 1.82) is 0 Å². The molecule has 2 rings (SSSR count). The van der Waals surface area contributed by atoms with Crippen LogP contribution < -0.4 is 0 Å². The van der Waals surface area contributed by atoms with Crippen molar-refractivity contribution in [1.82, 2.24) is 4.90 Å². The van der Waals surface area contributed by atoms with E-state index in [2.05, 4.69) is 0 Å². The van der Waals surface area contributed by atoms with Crippen LogP contribution in [0.1, 0.15) is 18.4 Å². The molecule has 6 heteroatoms. The van der Waals surface area contributed by atoms with Crippen molar-refractivity contribution in [2.45, 2.75) is 19.3 Å². The Morgan fingerprint density at radius 3 is 2.80 bits per heavy atom. The van der Waals surface area contributed by atoms with Gasteiger partial charge in [-0.25, -0.2) is 8.78 Å². The van der Waals surface area contributed by atoms with Crippen molar-refractivity contribution in [3.05, 3.63) is 35.4 Å². The molecule has 0 saturated carbocycles. The van der Waals surface area contributed by atoms with Crippen LogP contribution in [0.4, 0.5) is 8.78 Å². The second kappa shape index (κ2) is 5.98. The van der Waals surface area contributed by atoms with Gasteiger partial charge in [0.05, 0.1) is 12.3 Å². The molecule has 1 saturated heterocycles. The van der Waals surface area contributed by atoms with Gasteiger partial charge in [-0.15, -0.1) is 0 Å². The number of hydrogen-bond donors (Lipinski definition) is 1. The van der Waals surface area contributed by atoms with Gasteiger partial charge in [-0.05, 0) is 31.0 Å². The van der Waals surface area contributed by atoms with Gasteiger partial charge >= 0.3 is 5.97 Å². The van der Waals surface area contributed by atoms with Crippen LogP contribution in [0, 0.1) is 17.6 Å². The summed E-state index contributed by atoms with van der Waals surface area (Å²) < 4.78 is 26.5. The van der Waals surface area contributed by atoms with Gasteiger partial charge in [0, 0.05) is 18.7 Å². The second-order valence-electron chi connectivity index (χ2n) is 4.93. The van der Waals surface area contributed by atoms with Crippen LogP contribution >= 0.6 is 0 Å². The lowest BCUT2D eigenvalue weighted by molar-refractivity contribution is -0.145. The van der Waals surface area contributed by atoms with Crippen LogP contribution in [0.15, 0.2) is 18.2 Å². The van der Waals surface area contributed by atoms with Crippen LogP contribution in [-0.4, -0.2) is 35.0 Å². The number of halogens is 2. The zero-order valence-electron chi connectivity index (χ0n) is 10.8. The van der Waals surface area contributed by atoms with Crippen LogP contribution in [0.2, 0.25) is 0 Å². The highest BCUT2D eigenvalue weighted by molar-refractivity contribution is 5.80. The highest BCUT2D eigenvalue weighted by Gasteiger charge is 2.28. The third-order valence-corrected chi connectivity index (χ3v) is 3.47. The minimum absolute atomic E-state index is 0.00699. The van der Waals surface area contributed by atoms with Gasteiger partial charge in [-0.3, -0.25) is 9.59 Å². The molecule has 1 fully saturated rings. The topological polar surface area (TPSA) is 57.6 Å². The molecule has 1 aliphatic rings. The molecule has 1 aromatic carbocycles. The van der Waals surface area contributed by atoms with Crippen molar-refractivity contribution >= 4 is 11.9 Å². The van der Waals surface area contributed by atoms with E-state index in [1.807, 2.05) is 0 Å². The largest absolute Gasteiger partial charge is 0.481 e. The second-order valence-corrected chi connectivity index (χ2v) is 4.93. The molecular weight excluding hydrogens is 268 g/mol. The Hall–Kier alpha value is -1.98. The van der Waals surface area contributed by atoms with Crippen LogP contribution in [0.25, 0.3) is 0 Å². The molecule has 1 heterocycles. The molecule has 1 amide bonds. The first-order valence-electron chi connectivity index (χ1n) is 6.42. The Balaban J connectivity index is 2.04. The minimum atomic E-state index is -0.931. The molecule has 0 aliphatic carbocycles. The molecule has 1 unspecified atom stereocenters. The summed E-state index contributed by atoms with van der Waals surface area (Å²) in [6.45, 7) is 0.588. The number of carbonyl (C=O) groups is 2. The molecular formula is C14H15F2NO3. The average molecular weight is 283 g/mol. The lowest BCUT2D eigenvalue weighted by Crippen LogP contribution is -2.43. The highest BCUT2D eigenvalue weighted by Crippen LogP contribution is 2.18. The summed E-state index contributed by atoms with van der Waals surface area (Å²) in [7, 11) is 0. The summed E-state index contributed by atoms with van der Waals surface area (Å²) in [6.07, 6.45) is 0.887. The van der Waals surface area contributed by atoms with Crippen LogP contribution in [-0.2, 0) is 16.0 Å². The normalized spacial score (nSPS) is 18.9. The summed E-state index contributed by atoms with van der Waals surface area (Å²) in [5.41, 5.74) is -0.00699. The Morgan fingerprint density at radius 2 is 2.10 bits per heavy atom. The van der Waals surface area contributed by atoms with E-state index in [9.17, 15) is 18.4 Å². The predicted octanol–water partition coefficient (Wildman–Crippen LogP) is 1.83.